The molecular weight excluding hydrogens is 384 g/mol. The molecule has 2 heterocycles. The van der Waals surface area contributed by atoms with Crippen molar-refractivity contribution in [1.82, 2.24) is 14.5 Å². The number of aromatic amines is 1. The fraction of sp³-hybridized carbons (Fsp3) is 0.182. The third-order valence-electron chi connectivity index (χ3n) is 4.85. The van der Waals surface area contributed by atoms with E-state index in [-0.39, 0.29) is 24.4 Å². The Labute approximate surface area is 171 Å². The number of hydrogen-bond acceptors (Lipinski definition) is 5. The number of carbonyl (C=O) groups is 1. The van der Waals surface area contributed by atoms with Gasteiger partial charge in [0.25, 0.3) is 5.56 Å². The number of carbonyl (C=O) groups excluding carboxylic acids is 1. The summed E-state index contributed by atoms with van der Waals surface area (Å²) < 4.78 is 6.31. The number of benzene rings is 2. The van der Waals surface area contributed by atoms with Crippen LogP contribution in [0, 0.1) is 0 Å². The second kappa shape index (κ2) is 8.20. The first-order valence-corrected chi connectivity index (χ1v) is 9.50. The van der Waals surface area contributed by atoms with E-state index in [0.717, 1.165) is 15.5 Å². The molecule has 0 aliphatic heterocycles. The van der Waals surface area contributed by atoms with Gasteiger partial charge in [-0.1, -0.05) is 12.1 Å². The zero-order valence-electron chi connectivity index (χ0n) is 16.3. The Morgan fingerprint density at radius 2 is 2.00 bits per heavy atom. The van der Waals surface area contributed by atoms with Gasteiger partial charge in [0.15, 0.2) is 0 Å². The number of pyridine rings is 1. The summed E-state index contributed by atoms with van der Waals surface area (Å²) >= 11 is 0. The number of hydrogen-bond donors (Lipinski definition) is 2. The maximum Gasteiger partial charge on any atom is 0.328 e. The third-order valence-corrected chi connectivity index (χ3v) is 4.85. The summed E-state index contributed by atoms with van der Waals surface area (Å²) in [6.07, 6.45) is 2.10. The van der Waals surface area contributed by atoms with E-state index in [2.05, 4.69) is 15.3 Å². The fourth-order valence-corrected chi connectivity index (χ4v) is 3.32. The molecule has 2 aromatic carbocycles. The summed E-state index contributed by atoms with van der Waals surface area (Å²) in [6, 6.07) is 14.2. The number of methoxy groups -OCH3 is 1. The molecule has 8 nitrogen and oxygen atoms in total. The smallest absolute Gasteiger partial charge is 0.328 e. The maximum absolute atomic E-state index is 12.5. The van der Waals surface area contributed by atoms with Gasteiger partial charge in [0.1, 0.15) is 5.75 Å². The van der Waals surface area contributed by atoms with Gasteiger partial charge >= 0.3 is 5.69 Å². The lowest BCUT2D eigenvalue weighted by Gasteiger charge is -2.08. The van der Waals surface area contributed by atoms with Gasteiger partial charge in [0.2, 0.25) is 5.91 Å². The summed E-state index contributed by atoms with van der Waals surface area (Å²) in [5.41, 5.74) is 1.01. The van der Waals surface area contributed by atoms with E-state index < -0.39 is 5.69 Å². The van der Waals surface area contributed by atoms with Gasteiger partial charge < -0.3 is 15.0 Å². The highest BCUT2D eigenvalue weighted by Crippen LogP contribution is 2.21. The maximum atomic E-state index is 12.5. The predicted molar refractivity (Wildman–Crippen MR) is 115 cm³/mol. The van der Waals surface area contributed by atoms with E-state index in [4.69, 9.17) is 4.74 Å². The lowest BCUT2D eigenvalue weighted by atomic mass is 10.2. The van der Waals surface area contributed by atoms with Crippen LogP contribution in [0.4, 0.5) is 5.69 Å². The highest BCUT2D eigenvalue weighted by Gasteiger charge is 2.09. The summed E-state index contributed by atoms with van der Waals surface area (Å²) in [4.78, 5) is 44.0. The molecule has 1 amide bonds. The zero-order chi connectivity index (χ0) is 21.1. The summed E-state index contributed by atoms with van der Waals surface area (Å²) in [5.74, 6) is 0.501. The molecule has 0 saturated carbocycles. The summed E-state index contributed by atoms with van der Waals surface area (Å²) in [6.45, 7) is 0.155. The van der Waals surface area contributed by atoms with E-state index in [1.54, 1.807) is 37.6 Å². The molecule has 0 aliphatic rings. The predicted octanol–water partition coefficient (Wildman–Crippen LogP) is 2.67. The molecule has 0 aliphatic carbocycles. The Kier molecular flexibility index (Phi) is 5.30. The number of aromatic nitrogens is 3. The Balaban J connectivity index is 1.41. The first-order chi connectivity index (χ1) is 14.5. The monoisotopic (exact) mass is 404 g/mol. The van der Waals surface area contributed by atoms with Crippen molar-refractivity contribution in [3.8, 4) is 5.75 Å². The Morgan fingerprint density at radius 3 is 2.83 bits per heavy atom. The van der Waals surface area contributed by atoms with Crippen LogP contribution in [0.25, 0.3) is 21.8 Å². The minimum absolute atomic E-state index is 0.155. The number of anilines is 1. The minimum Gasteiger partial charge on any atom is -0.497 e. The largest absolute Gasteiger partial charge is 0.497 e. The molecule has 0 saturated heterocycles. The van der Waals surface area contributed by atoms with Crippen molar-refractivity contribution < 1.29 is 9.53 Å². The topological polar surface area (TPSA) is 106 Å². The standard InChI is InChI=1S/C22H20N4O4/c1-30-16-9-8-14-11-15(13-23-19(14)12-16)24-20(27)7-4-10-26-21(28)17-5-2-3-6-18(17)25-22(26)29/h2-3,5-6,8-9,11-13H,4,7,10H2,1H3,(H,24,27)(H,25,29). The van der Waals surface area contributed by atoms with Crippen LogP contribution in [0.15, 0.2) is 64.3 Å². The molecule has 4 rings (SSSR count). The van der Waals surface area contributed by atoms with Gasteiger partial charge in [0, 0.05) is 24.4 Å². The van der Waals surface area contributed by atoms with Gasteiger partial charge in [0.05, 0.1) is 35.4 Å². The molecule has 2 aromatic heterocycles. The van der Waals surface area contributed by atoms with Gasteiger partial charge in [-0.2, -0.15) is 0 Å². The number of amides is 1. The number of ether oxygens (including phenoxy) is 1. The molecule has 2 N–H and O–H groups in total. The van der Waals surface area contributed by atoms with E-state index >= 15 is 0 Å². The van der Waals surface area contributed by atoms with E-state index in [1.165, 1.54) is 0 Å². The Bertz CT molecular complexity index is 1360. The molecule has 0 unspecified atom stereocenters. The number of nitrogens with zero attached hydrogens (tertiary/aromatic N) is 2. The first-order valence-electron chi connectivity index (χ1n) is 9.50. The Morgan fingerprint density at radius 1 is 1.17 bits per heavy atom. The molecule has 0 atom stereocenters. The van der Waals surface area contributed by atoms with Crippen LogP contribution in [-0.4, -0.2) is 27.6 Å². The number of rotatable bonds is 6. The van der Waals surface area contributed by atoms with Crippen LogP contribution in [0.3, 0.4) is 0 Å². The van der Waals surface area contributed by atoms with Gasteiger partial charge in [-0.05, 0) is 36.8 Å². The molecule has 0 bridgehead atoms. The first kappa shape index (κ1) is 19.4. The van der Waals surface area contributed by atoms with Gasteiger partial charge in [-0.15, -0.1) is 0 Å². The average molecular weight is 404 g/mol. The lowest BCUT2D eigenvalue weighted by molar-refractivity contribution is -0.116. The molecule has 4 aromatic rings. The van der Waals surface area contributed by atoms with Gasteiger partial charge in [-0.3, -0.25) is 19.1 Å². The second-order valence-electron chi connectivity index (χ2n) is 6.87. The van der Waals surface area contributed by atoms with E-state index in [1.807, 2.05) is 24.3 Å². The molecule has 0 fully saturated rings. The van der Waals surface area contributed by atoms with Crippen molar-refractivity contribution in [2.75, 3.05) is 12.4 Å². The fourth-order valence-electron chi connectivity index (χ4n) is 3.32. The number of para-hydroxylation sites is 1. The van der Waals surface area contributed by atoms with Gasteiger partial charge in [-0.25, -0.2) is 4.79 Å². The number of nitrogens with one attached hydrogen (secondary N) is 2. The van der Waals surface area contributed by atoms with E-state index in [0.29, 0.717) is 28.8 Å². The van der Waals surface area contributed by atoms with Crippen molar-refractivity contribution in [3.63, 3.8) is 0 Å². The second-order valence-corrected chi connectivity index (χ2v) is 6.87. The minimum atomic E-state index is -0.478. The van der Waals surface area contributed by atoms with Crippen LogP contribution >= 0.6 is 0 Å². The molecule has 30 heavy (non-hydrogen) atoms. The third kappa shape index (κ3) is 3.93. The summed E-state index contributed by atoms with van der Waals surface area (Å²) in [5, 5.41) is 4.12. The van der Waals surface area contributed by atoms with Crippen molar-refractivity contribution in [2.24, 2.45) is 0 Å². The molecule has 0 radical (unpaired) electrons. The van der Waals surface area contributed by atoms with Crippen molar-refractivity contribution in [3.05, 3.63) is 75.6 Å². The van der Waals surface area contributed by atoms with Crippen LogP contribution in [0.2, 0.25) is 0 Å². The van der Waals surface area contributed by atoms with Crippen LogP contribution in [-0.2, 0) is 11.3 Å². The van der Waals surface area contributed by atoms with E-state index in [9.17, 15) is 14.4 Å². The average Bonchev–Trinajstić information content (AvgIpc) is 2.75. The van der Waals surface area contributed by atoms with Crippen LogP contribution in [0.5, 0.6) is 5.75 Å². The molecule has 152 valence electrons. The van der Waals surface area contributed by atoms with Crippen molar-refractivity contribution >= 4 is 33.4 Å². The van der Waals surface area contributed by atoms with Crippen LogP contribution in [0.1, 0.15) is 12.8 Å². The SMILES string of the molecule is COc1ccc2cc(NC(=O)CCCn3c(=O)[nH]c4ccccc4c3=O)cnc2c1. The Hall–Kier alpha value is -3.94. The summed E-state index contributed by atoms with van der Waals surface area (Å²) in [7, 11) is 1.59. The molecular formula is C22H20N4O4. The number of fused-ring (bicyclic) bond motifs is 2. The van der Waals surface area contributed by atoms with Crippen LogP contribution < -0.4 is 21.3 Å². The quantitative estimate of drug-likeness (QED) is 0.514. The van der Waals surface area contributed by atoms with Crippen molar-refractivity contribution in [1.29, 1.82) is 0 Å². The highest BCUT2D eigenvalue weighted by molar-refractivity contribution is 5.93. The highest BCUT2D eigenvalue weighted by atomic mass is 16.5. The number of H-pyrrole nitrogens is 1. The zero-order valence-corrected chi connectivity index (χ0v) is 16.3. The molecule has 8 heteroatoms. The normalized spacial score (nSPS) is 11.0. The lowest BCUT2D eigenvalue weighted by Crippen LogP contribution is -2.35. The molecule has 0 spiro atoms. The van der Waals surface area contributed by atoms with Crippen molar-refractivity contribution in [2.45, 2.75) is 19.4 Å².